The molecule has 5 nitrogen and oxygen atoms in total. The first-order chi connectivity index (χ1) is 9.01. The molecular weight excluding hydrogens is 282 g/mol. The molecule has 0 spiro atoms. The number of nitrogens with one attached hydrogen (secondary N) is 2. The first-order valence-corrected chi connectivity index (χ1v) is 8.05. The Bertz CT molecular complexity index is 665. The molecule has 0 radical (unpaired) electrons. The van der Waals surface area contributed by atoms with E-state index < -0.39 is 10.0 Å². The predicted molar refractivity (Wildman–Crippen MR) is 76.9 cm³/mol. The molecule has 0 atom stereocenters. The van der Waals surface area contributed by atoms with Crippen molar-refractivity contribution in [1.82, 2.24) is 10.3 Å². The molecule has 2 aromatic rings. The van der Waals surface area contributed by atoms with E-state index in [0.717, 1.165) is 11.3 Å². The number of aromatic nitrogens is 1. The highest BCUT2D eigenvalue weighted by atomic mass is 32.2. The van der Waals surface area contributed by atoms with Gasteiger partial charge >= 0.3 is 0 Å². The van der Waals surface area contributed by atoms with E-state index in [4.69, 9.17) is 0 Å². The molecule has 2 aromatic heterocycles. The maximum Gasteiger partial charge on any atom is 0.271 e. The zero-order valence-electron chi connectivity index (χ0n) is 10.7. The molecule has 0 aromatic carbocycles. The SMILES string of the molecule is CNCc1csc(S(=O)(=O)Nc2ccnc(C)c2)c1. The summed E-state index contributed by atoms with van der Waals surface area (Å²) in [4.78, 5) is 4.03. The van der Waals surface area contributed by atoms with Crippen LogP contribution in [0.2, 0.25) is 0 Å². The van der Waals surface area contributed by atoms with Crippen molar-refractivity contribution >= 4 is 27.0 Å². The number of aryl methyl sites for hydroxylation is 1. The van der Waals surface area contributed by atoms with Crippen LogP contribution in [0.3, 0.4) is 0 Å². The normalized spacial score (nSPS) is 11.5. The summed E-state index contributed by atoms with van der Waals surface area (Å²) in [5, 5.41) is 4.83. The van der Waals surface area contributed by atoms with Crippen LogP contribution in [-0.2, 0) is 16.6 Å². The van der Waals surface area contributed by atoms with Crippen LogP contribution in [0, 0.1) is 6.92 Å². The van der Waals surface area contributed by atoms with Gasteiger partial charge in [0, 0.05) is 18.4 Å². The molecule has 0 aliphatic carbocycles. The van der Waals surface area contributed by atoms with E-state index in [1.165, 1.54) is 11.3 Å². The molecular formula is C12H15N3O2S2. The Labute approximate surface area is 116 Å². The fraction of sp³-hybridized carbons (Fsp3) is 0.250. The Balaban J connectivity index is 2.22. The molecule has 0 aliphatic heterocycles. The highest BCUT2D eigenvalue weighted by Gasteiger charge is 2.16. The van der Waals surface area contributed by atoms with Crippen LogP contribution in [-0.4, -0.2) is 20.4 Å². The van der Waals surface area contributed by atoms with Gasteiger partial charge in [-0.15, -0.1) is 11.3 Å². The third kappa shape index (κ3) is 3.52. The van der Waals surface area contributed by atoms with E-state index >= 15 is 0 Å². The van der Waals surface area contributed by atoms with Crippen molar-refractivity contribution in [3.63, 3.8) is 0 Å². The molecule has 102 valence electrons. The van der Waals surface area contributed by atoms with Crippen LogP contribution in [0.15, 0.2) is 34.0 Å². The average molecular weight is 297 g/mol. The maximum absolute atomic E-state index is 12.2. The molecule has 0 saturated heterocycles. The lowest BCUT2D eigenvalue weighted by Crippen LogP contribution is -2.12. The summed E-state index contributed by atoms with van der Waals surface area (Å²) < 4.78 is 27.2. The van der Waals surface area contributed by atoms with Gasteiger partial charge in [-0.2, -0.15) is 0 Å². The number of anilines is 1. The second-order valence-corrected chi connectivity index (χ2v) is 6.92. The molecule has 19 heavy (non-hydrogen) atoms. The van der Waals surface area contributed by atoms with Crippen molar-refractivity contribution in [2.75, 3.05) is 11.8 Å². The minimum atomic E-state index is -3.51. The topological polar surface area (TPSA) is 71.1 Å². The van der Waals surface area contributed by atoms with E-state index in [1.54, 1.807) is 24.4 Å². The minimum absolute atomic E-state index is 0.312. The standard InChI is InChI=1S/C12H15N3O2S2/c1-9-5-11(3-4-14-9)15-19(16,17)12-6-10(7-13-2)8-18-12/h3-6,8,13H,7H2,1-2H3,(H,14,15). The van der Waals surface area contributed by atoms with Crippen LogP contribution in [0.4, 0.5) is 5.69 Å². The molecule has 0 amide bonds. The quantitative estimate of drug-likeness (QED) is 0.885. The Morgan fingerprint density at radius 1 is 1.37 bits per heavy atom. The summed E-state index contributed by atoms with van der Waals surface area (Å²) in [7, 11) is -1.69. The molecule has 0 bridgehead atoms. The monoisotopic (exact) mass is 297 g/mol. The summed E-state index contributed by atoms with van der Waals surface area (Å²) in [5.74, 6) is 0. The van der Waals surface area contributed by atoms with Crippen molar-refractivity contribution in [1.29, 1.82) is 0 Å². The largest absolute Gasteiger partial charge is 0.316 e. The van der Waals surface area contributed by atoms with E-state index in [-0.39, 0.29) is 0 Å². The van der Waals surface area contributed by atoms with Gasteiger partial charge < -0.3 is 5.32 Å². The minimum Gasteiger partial charge on any atom is -0.316 e. The second kappa shape index (κ2) is 5.68. The van der Waals surface area contributed by atoms with E-state index in [1.807, 2.05) is 19.4 Å². The zero-order valence-corrected chi connectivity index (χ0v) is 12.3. The highest BCUT2D eigenvalue weighted by Crippen LogP contribution is 2.23. The number of hydrogen-bond donors (Lipinski definition) is 2. The molecule has 0 fully saturated rings. The molecule has 2 heterocycles. The van der Waals surface area contributed by atoms with Crippen LogP contribution >= 0.6 is 11.3 Å². The third-order valence-electron chi connectivity index (χ3n) is 2.42. The lowest BCUT2D eigenvalue weighted by molar-refractivity contribution is 0.603. The number of thiophene rings is 1. The fourth-order valence-corrected chi connectivity index (χ4v) is 3.86. The van der Waals surface area contributed by atoms with Crippen molar-refractivity contribution in [3.8, 4) is 0 Å². The van der Waals surface area contributed by atoms with E-state index in [0.29, 0.717) is 16.4 Å². The van der Waals surface area contributed by atoms with Gasteiger partial charge in [0.2, 0.25) is 0 Å². The van der Waals surface area contributed by atoms with Gasteiger partial charge in [-0.3, -0.25) is 9.71 Å². The second-order valence-electron chi connectivity index (χ2n) is 4.10. The third-order valence-corrected chi connectivity index (χ3v) is 5.29. The first-order valence-electron chi connectivity index (χ1n) is 5.69. The van der Waals surface area contributed by atoms with Crippen molar-refractivity contribution < 1.29 is 8.42 Å². The van der Waals surface area contributed by atoms with Gasteiger partial charge in [0.1, 0.15) is 4.21 Å². The van der Waals surface area contributed by atoms with Gasteiger partial charge in [0.15, 0.2) is 0 Å². The lowest BCUT2D eigenvalue weighted by atomic mass is 10.3. The number of sulfonamides is 1. The van der Waals surface area contributed by atoms with Crippen molar-refractivity contribution in [3.05, 3.63) is 41.0 Å². The Hall–Kier alpha value is -1.44. The Morgan fingerprint density at radius 2 is 2.16 bits per heavy atom. The predicted octanol–water partition coefficient (Wildman–Crippen LogP) is 1.97. The van der Waals surface area contributed by atoms with Gasteiger partial charge in [-0.05, 0) is 43.1 Å². The van der Waals surface area contributed by atoms with Gasteiger partial charge in [0.05, 0.1) is 5.69 Å². The lowest BCUT2D eigenvalue weighted by Gasteiger charge is -2.06. The molecule has 7 heteroatoms. The zero-order chi connectivity index (χ0) is 13.9. The average Bonchev–Trinajstić information content (AvgIpc) is 2.78. The van der Waals surface area contributed by atoms with Crippen LogP contribution < -0.4 is 10.0 Å². The fourth-order valence-electron chi connectivity index (χ4n) is 1.61. The number of pyridine rings is 1. The van der Waals surface area contributed by atoms with Crippen LogP contribution in [0.5, 0.6) is 0 Å². The molecule has 2 N–H and O–H groups in total. The van der Waals surface area contributed by atoms with Crippen LogP contribution in [0.25, 0.3) is 0 Å². The summed E-state index contributed by atoms with van der Waals surface area (Å²) in [5.41, 5.74) is 2.25. The summed E-state index contributed by atoms with van der Waals surface area (Å²) in [6, 6.07) is 5.00. The number of nitrogens with zero attached hydrogens (tertiary/aromatic N) is 1. The number of hydrogen-bond acceptors (Lipinski definition) is 5. The summed E-state index contributed by atoms with van der Waals surface area (Å²) in [6.07, 6.45) is 1.58. The molecule has 0 aliphatic rings. The Morgan fingerprint density at radius 3 is 2.84 bits per heavy atom. The maximum atomic E-state index is 12.2. The molecule has 0 unspecified atom stereocenters. The van der Waals surface area contributed by atoms with Crippen LogP contribution in [0.1, 0.15) is 11.3 Å². The number of rotatable bonds is 5. The highest BCUT2D eigenvalue weighted by molar-refractivity contribution is 7.94. The molecule has 0 saturated carbocycles. The van der Waals surface area contributed by atoms with E-state index in [9.17, 15) is 8.42 Å². The van der Waals surface area contributed by atoms with Gasteiger partial charge in [-0.1, -0.05) is 0 Å². The van der Waals surface area contributed by atoms with E-state index in [2.05, 4.69) is 15.0 Å². The smallest absolute Gasteiger partial charge is 0.271 e. The van der Waals surface area contributed by atoms with Gasteiger partial charge in [0.25, 0.3) is 10.0 Å². The Kier molecular flexibility index (Phi) is 4.18. The van der Waals surface area contributed by atoms with Gasteiger partial charge in [-0.25, -0.2) is 8.42 Å². The van der Waals surface area contributed by atoms with Crippen molar-refractivity contribution in [2.45, 2.75) is 17.7 Å². The summed E-state index contributed by atoms with van der Waals surface area (Å²) in [6.45, 7) is 2.47. The van der Waals surface area contributed by atoms with Crippen molar-refractivity contribution in [2.24, 2.45) is 0 Å². The molecule has 2 rings (SSSR count). The summed E-state index contributed by atoms with van der Waals surface area (Å²) >= 11 is 1.21. The first kappa shape index (κ1) is 14.0.